The monoisotopic (exact) mass is 288 g/mol. The molecule has 21 heavy (non-hydrogen) atoms. The Labute approximate surface area is 119 Å². The second-order valence-corrected chi connectivity index (χ2v) is 4.08. The van der Waals surface area contributed by atoms with E-state index in [9.17, 15) is 14.4 Å². The van der Waals surface area contributed by atoms with E-state index in [0.717, 1.165) is 0 Å². The van der Waals surface area contributed by atoms with Gasteiger partial charge in [0.2, 0.25) is 0 Å². The maximum Gasteiger partial charge on any atom is 0.337 e. The molecule has 7 heteroatoms. The zero-order valence-electron chi connectivity index (χ0n) is 11.0. The number of carboxylic acids is 1. The van der Waals surface area contributed by atoms with Gasteiger partial charge in [0.25, 0.3) is 11.5 Å². The summed E-state index contributed by atoms with van der Waals surface area (Å²) < 4.78 is 4.94. The van der Waals surface area contributed by atoms with Crippen LogP contribution in [0.5, 0.6) is 5.75 Å². The van der Waals surface area contributed by atoms with Crippen molar-refractivity contribution in [2.75, 3.05) is 12.4 Å². The lowest BCUT2D eigenvalue weighted by atomic mass is 10.1. The van der Waals surface area contributed by atoms with Crippen molar-refractivity contribution < 1.29 is 19.4 Å². The first-order valence-corrected chi connectivity index (χ1v) is 5.93. The normalized spacial score (nSPS) is 9.95. The lowest BCUT2D eigenvalue weighted by molar-refractivity contribution is 0.0697. The standard InChI is InChI=1S/C14H12N2O5/c1-21-8-4-5-11(10(7-8)14(19)20)16-13(18)9-3-2-6-15-12(9)17/h2-7H,1H3,(H,15,17)(H,16,18)(H,19,20). The summed E-state index contributed by atoms with van der Waals surface area (Å²) in [6, 6.07) is 7.04. The van der Waals surface area contributed by atoms with Crippen molar-refractivity contribution in [1.29, 1.82) is 0 Å². The number of hydrogen-bond acceptors (Lipinski definition) is 4. The van der Waals surface area contributed by atoms with Crippen LogP contribution in [0.1, 0.15) is 20.7 Å². The quantitative estimate of drug-likeness (QED) is 0.786. The van der Waals surface area contributed by atoms with Crippen molar-refractivity contribution in [2.45, 2.75) is 0 Å². The van der Waals surface area contributed by atoms with Gasteiger partial charge in [-0.25, -0.2) is 4.79 Å². The van der Waals surface area contributed by atoms with E-state index in [4.69, 9.17) is 9.84 Å². The van der Waals surface area contributed by atoms with Crippen LogP contribution in [0, 0.1) is 0 Å². The highest BCUT2D eigenvalue weighted by Crippen LogP contribution is 2.22. The Bertz CT molecular complexity index is 751. The molecule has 0 fully saturated rings. The third-order valence-corrected chi connectivity index (χ3v) is 2.77. The van der Waals surface area contributed by atoms with Gasteiger partial charge >= 0.3 is 5.97 Å². The minimum absolute atomic E-state index is 0.0801. The molecule has 7 nitrogen and oxygen atoms in total. The highest BCUT2D eigenvalue weighted by atomic mass is 16.5. The van der Waals surface area contributed by atoms with Crippen LogP contribution in [0.15, 0.2) is 41.3 Å². The fraction of sp³-hybridized carbons (Fsp3) is 0.0714. The molecule has 0 unspecified atom stereocenters. The Morgan fingerprint density at radius 3 is 2.62 bits per heavy atom. The second-order valence-electron chi connectivity index (χ2n) is 4.08. The first kappa shape index (κ1) is 14.3. The second kappa shape index (κ2) is 5.91. The van der Waals surface area contributed by atoms with E-state index in [1.54, 1.807) is 0 Å². The number of rotatable bonds is 4. The molecule has 0 aliphatic rings. The molecule has 0 bridgehead atoms. The molecule has 0 aliphatic carbocycles. The van der Waals surface area contributed by atoms with Gasteiger partial charge in [-0.15, -0.1) is 0 Å². The molecule has 0 aliphatic heterocycles. The number of ether oxygens (including phenoxy) is 1. The number of aromatic nitrogens is 1. The van der Waals surface area contributed by atoms with Crippen molar-refractivity contribution >= 4 is 17.6 Å². The molecular weight excluding hydrogens is 276 g/mol. The highest BCUT2D eigenvalue weighted by Gasteiger charge is 2.16. The number of benzene rings is 1. The van der Waals surface area contributed by atoms with Crippen LogP contribution in [-0.4, -0.2) is 29.1 Å². The van der Waals surface area contributed by atoms with E-state index in [1.807, 2.05) is 0 Å². The van der Waals surface area contributed by atoms with E-state index < -0.39 is 17.4 Å². The SMILES string of the molecule is COc1ccc(NC(=O)c2ccc[nH]c2=O)c(C(=O)O)c1. The first-order valence-electron chi connectivity index (χ1n) is 5.93. The molecule has 2 rings (SSSR count). The third-order valence-electron chi connectivity index (χ3n) is 2.77. The van der Waals surface area contributed by atoms with Crippen LogP contribution in [-0.2, 0) is 0 Å². The summed E-state index contributed by atoms with van der Waals surface area (Å²) in [6.45, 7) is 0. The van der Waals surface area contributed by atoms with E-state index in [1.165, 1.54) is 43.6 Å². The van der Waals surface area contributed by atoms with Crippen LogP contribution in [0.4, 0.5) is 5.69 Å². The minimum atomic E-state index is -1.22. The van der Waals surface area contributed by atoms with Crippen molar-refractivity contribution in [2.24, 2.45) is 0 Å². The van der Waals surface area contributed by atoms with Crippen LogP contribution in [0.25, 0.3) is 0 Å². The van der Waals surface area contributed by atoms with Gasteiger partial charge in [-0.2, -0.15) is 0 Å². The smallest absolute Gasteiger partial charge is 0.337 e. The fourth-order valence-corrected chi connectivity index (χ4v) is 1.73. The van der Waals surface area contributed by atoms with E-state index in [2.05, 4.69) is 10.3 Å². The van der Waals surface area contributed by atoms with Crippen LogP contribution in [0.2, 0.25) is 0 Å². The number of carbonyl (C=O) groups is 2. The summed E-state index contributed by atoms with van der Waals surface area (Å²) in [5.74, 6) is -1.56. The molecule has 0 atom stereocenters. The molecule has 0 saturated carbocycles. The first-order chi connectivity index (χ1) is 10.0. The molecule has 0 saturated heterocycles. The molecule has 0 radical (unpaired) electrons. The van der Waals surface area contributed by atoms with Gasteiger partial charge in [-0.3, -0.25) is 9.59 Å². The van der Waals surface area contributed by atoms with Crippen molar-refractivity contribution in [3.05, 3.63) is 58.0 Å². The number of anilines is 1. The number of pyridine rings is 1. The third kappa shape index (κ3) is 3.08. The fourth-order valence-electron chi connectivity index (χ4n) is 1.73. The van der Waals surface area contributed by atoms with E-state index in [-0.39, 0.29) is 16.8 Å². The van der Waals surface area contributed by atoms with E-state index in [0.29, 0.717) is 5.75 Å². The summed E-state index contributed by atoms with van der Waals surface area (Å²) in [7, 11) is 1.41. The largest absolute Gasteiger partial charge is 0.497 e. The van der Waals surface area contributed by atoms with Gasteiger partial charge < -0.3 is 20.1 Å². The number of nitrogens with one attached hydrogen (secondary N) is 2. The summed E-state index contributed by atoms with van der Waals surface area (Å²) in [6.07, 6.45) is 1.40. The predicted molar refractivity (Wildman–Crippen MR) is 75.0 cm³/mol. The molecule has 1 aromatic heterocycles. The van der Waals surface area contributed by atoms with Gasteiger partial charge in [-0.05, 0) is 30.3 Å². The highest BCUT2D eigenvalue weighted by molar-refractivity contribution is 6.07. The van der Waals surface area contributed by atoms with Crippen LogP contribution >= 0.6 is 0 Å². The number of aromatic carboxylic acids is 1. The maximum atomic E-state index is 12.0. The average Bonchev–Trinajstić information content (AvgIpc) is 2.47. The molecule has 1 heterocycles. The number of hydrogen-bond donors (Lipinski definition) is 3. The summed E-state index contributed by atoms with van der Waals surface area (Å²) in [5.41, 5.74) is -0.711. The summed E-state index contributed by atoms with van der Waals surface area (Å²) >= 11 is 0. The van der Waals surface area contributed by atoms with Gasteiger partial charge in [0.15, 0.2) is 0 Å². The molecule has 3 N–H and O–H groups in total. The number of carboxylic acid groups (broad SMARTS) is 1. The molecule has 1 amide bonds. The van der Waals surface area contributed by atoms with Crippen molar-refractivity contribution in [3.63, 3.8) is 0 Å². The minimum Gasteiger partial charge on any atom is -0.497 e. The number of amides is 1. The van der Waals surface area contributed by atoms with Gasteiger partial charge in [0, 0.05) is 6.20 Å². The summed E-state index contributed by atoms with van der Waals surface area (Å²) in [5, 5.41) is 11.6. The van der Waals surface area contributed by atoms with Gasteiger partial charge in [-0.1, -0.05) is 0 Å². The average molecular weight is 288 g/mol. The topological polar surface area (TPSA) is 108 Å². The Kier molecular flexibility index (Phi) is 4.03. The molecular formula is C14H12N2O5. The Hall–Kier alpha value is -3.09. The number of aromatic amines is 1. The van der Waals surface area contributed by atoms with Crippen LogP contribution < -0.4 is 15.6 Å². The molecule has 0 spiro atoms. The number of carbonyl (C=O) groups excluding carboxylic acids is 1. The maximum absolute atomic E-state index is 12.0. The molecule has 108 valence electrons. The van der Waals surface area contributed by atoms with E-state index >= 15 is 0 Å². The number of H-pyrrole nitrogens is 1. The van der Waals surface area contributed by atoms with Crippen LogP contribution in [0.3, 0.4) is 0 Å². The zero-order chi connectivity index (χ0) is 15.4. The van der Waals surface area contributed by atoms with Crippen molar-refractivity contribution in [3.8, 4) is 5.75 Å². The Morgan fingerprint density at radius 2 is 2.00 bits per heavy atom. The summed E-state index contributed by atoms with van der Waals surface area (Å²) in [4.78, 5) is 37.1. The zero-order valence-corrected chi connectivity index (χ0v) is 11.0. The molecule has 2 aromatic rings. The van der Waals surface area contributed by atoms with Gasteiger partial charge in [0.05, 0.1) is 18.4 Å². The van der Waals surface area contributed by atoms with Gasteiger partial charge in [0.1, 0.15) is 11.3 Å². The lowest BCUT2D eigenvalue weighted by Crippen LogP contribution is -2.23. The lowest BCUT2D eigenvalue weighted by Gasteiger charge is -2.09. The molecule has 1 aromatic carbocycles. The van der Waals surface area contributed by atoms with Crippen molar-refractivity contribution in [1.82, 2.24) is 4.98 Å². The Morgan fingerprint density at radius 1 is 1.24 bits per heavy atom. The Balaban J connectivity index is 2.36. The number of methoxy groups -OCH3 is 1. The predicted octanol–water partition coefficient (Wildman–Crippen LogP) is 1.33.